The summed E-state index contributed by atoms with van der Waals surface area (Å²) in [5.74, 6) is 1.73. The van der Waals surface area contributed by atoms with Gasteiger partial charge in [-0.05, 0) is 62.2 Å². The minimum atomic E-state index is 0.863. The quantitative estimate of drug-likeness (QED) is 0.428. The Morgan fingerprint density at radius 2 is 1.04 bits per heavy atom. The second-order valence-electron chi connectivity index (χ2n) is 7.26. The third-order valence-electron chi connectivity index (χ3n) is 4.96. The zero-order valence-electron chi connectivity index (χ0n) is 15.6. The third kappa shape index (κ3) is 2.70. The number of nitrogens with one attached hydrogen (secondary N) is 2. The van der Waals surface area contributed by atoms with Crippen LogP contribution in [0.5, 0.6) is 0 Å². The number of hydrogen-bond donors (Lipinski definition) is 2. The molecule has 0 aliphatic carbocycles. The Kier molecular flexibility index (Phi) is 3.41. The van der Waals surface area contributed by atoms with E-state index in [4.69, 9.17) is 9.97 Å². The Morgan fingerprint density at radius 1 is 0.556 bits per heavy atom. The average molecular weight is 352 g/mol. The van der Waals surface area contributed by atoms with E-state index in [0.717, 1.165) is 44.8 Å². The Hall–Kier alpha value is -3.40. The van der Waals surface area contributed by atoms with Crippen molar-refractivity contribution in [2.24, 2.45) is 0 Å². The van der Waals surface area contributed by atoms with Crippen molar-refractivity contribution < 1.29 is 0 Å². The molecule has 2 heterocycles. The van der Waals surface area contributed by atoms with E-state index in [9.17, 15) is 0 Å². The third-order valence-corrected chi connectivity index (χ3v) is 4.96. The van der Waals surface area contributed by atoms with Gasteiger partial charge in [-0.3, -0.25) is 0 Å². The molecule has 5 aromatic rings. The van der Waals surface area contributed by atoms with Crippen molar-refractivity contribution in [2.45, 2.75) is 20.8 Å². The van der Waals surface area contributed by atoms with Crippen molar-refractivity contribution in [3.63, 3.8) is 0 Å². The molecular weight excluding hydrogens is 332 g/mol. The Morgan fingerprint density at radius 3 is 1.63 bits per heavy atom. The highest BCUT2D eigenvalue weighted by Crippen LogP contribution is 2.32. The molecule has 0 saturated carbocycles. The number of aryl methyl sites for hydroxylation is 3. The largest absolute Gasteiger partial charge is 0.338 e. The molecule has 0 aliphatic rings. The fourth-order valence-corrected chi connectivity index (χ4v) is 3.56. The highest BCUT2D eigenvalue weighted by atomic mass is 14.9. The van der Waals surface area contributed by atoms with Crippen LogP contribution in [-0.4, -0.2) is 19.9 Å². The molecule has 2 N–H and O–H groups in total. The number of aromatic amines is 2. The molecule has 0 amide bonds. The van der Waals surface area contributed by atoms with Gasteiger partial charge < -0.3 is 9.97 Å². The van der Waals surface area contributed by atoms with Gasteiger partial charge in [0.05, 0.1) is 22.1 Å². The summed E-state index contributed by atoms with van der Waals surface area (Å²) in [5, 5.41) is 0. The Bertz CT molecular complexity index is 1310. The average Bonchev–Trinajstić information content (AvgIpc) is 3.24. The summed E-state index contributed by atoms with van der Waals surface area (Å²) >= 11 is 0. The van der Waals surface area contributed by atoms with Gasteiger partial charge in [-0.15, -0.1) is 0 Å². The van der Waals surface area contributed by atoms with Crippen LogP contribution in [0.3, 0.4) is 0 Å². The predicted octanol–water partition coefficient (Wildman–Crippen LogP) is 5.70. The first kappa shape index (κ1) is 15.8. The molecule has 4 heteroatoms. The van der Waals surface area contributed by atoms with Crippen LogP contribution in [0.25, 0.3) is 44.8 Å². The van der Waals surface area contributed by atoms with Crippen LogP contribution in [0.4, 0.5) is 0 Å². The molecule has 0 saturated heterocycles. The van der Waals surface area contributed by atoms with Crippen LogP contribution < -0.4 is 0 Å². The molecule has 132 valence electrons. The molecule has 0 radical (unpaired) electrons. The van der Waals surface area contributed by atoms with Gasteiger partial charge in [-0.25, -0.2) is 9.97 Å². The van der Waals surface area contributed by atoms with E-state index in [0.29, 0.717) is 0 Å². The van der Waals surface area contributed by atoms with E-state index in [1.807, 2.05) is 0 Å². The summed E-state index contributed by atoms with van der Waals surface area (Å²) in [6.45, 7) is 6.28. The van der Waals surface area contributed by atoms with Gasteiger partial charge in [0.25, 0.3) is 0 Å². The monoisotopic (exact) mass is 352 g/mol. The van der Waals surface area contributed by atoms with Gasteiger partial charge >= 0.3 is 0 Å². The second-order valence-corrected chi connectivity index (χ2v) is 7.26. The topological polar surface area (TPSA) is 57.4 Å². The van der Waals surface area contributed by atoms with E-state index < -0.39 is 0 Å². The zero-order chi connectivity index (χ0) is 18.5. The lowest BCUT2D eigenvalue weighted by Gasteiger charge is -2.06. The van der Waals surface area contributed by atoms with E-state index in [-0.39, 0.29) is 0 Å². The number of aromatic nitrogens is 4. The van der Waals surface area contributed by atoms with E-state index in [1.54, 1.807) is 0 Å². The number of benzene rings is 3. The molecule has 0 spiro atoms. The number of rotatable bonds is 2. The maximum absolute atomic E-state index is 4.82. The molecule has 3 aromatic carbocycles. The Labute approximate surface area is 157 Å². The van der Waals surface area contributed by atoms with Crippen molar-refractivity contribution in [2.75, 3.05) is 0 Å². The first-order valence-electron chi connectivity index (χ1n) is 9.11. The molecule has 0 aliphatic heterocycles. The number of fused-ring (bicyclic) bond motifs is 2. The first-order valence-corrected chi connectivity index (χ1v) is 9.11. The summed E-state index contributed by atoms with van der Waals surface area (Å²) in [5.41, 5.74) is 9.78. The SMILES string of the molecule is Cc1ccc(-c2nc3ccc(C)cc3[nH]2)c(-c2nc3ccc(C)cc3[nH]2)c1. The van der Waals surface area contributed by atoms with Crippen LogP contribution in [0.1, 0.15) is 16.7 Å². The lowest BCUT2D eigenvalue weighted by molar-refractivity contribution is 1.29. The van der Waals surface area contributed by atoms with Crippen molar-refractivity contribution >= 4 is 22.1 Å². The minimum absolute atomic E-state index is 0.863. The van der Waals surface area contributed by atoms with Crippen LogP contribution >= 0.6 is 0 Å². The van der Waals surface area contributed by atoms with Crippen molar-refractivity contribution in [1.29, 1.82) is 0 Å². The van der Waals surface area contributed by atoms with Gasteiger partial charge in [-0.2, -0.15) is 0 Å². The van der Waals surface area contributed by atoms with Gasteiger partial charge in [0, 0.05) is 11.1 Å². The highest BCUT2D eigenvalue weighted by molar-refractivity contribution is 5.87. The van der Waals surface area contributed by atoms with Gasteiger partial charge in [0.1, 0.15) is 11.6 Å². The fraction of sp³-hybridized carbons (Fsp3) is 0.130. The molecule has 5 rings (SSSR count). The molecule has 2 aromatic heterocycles. The van der Waals surface area contributed by atoms with Crippen LogP contribution in [-0.2, 0) is 0 Å². The summed E-state index contributed by atoms with van der Waals surface area (Å²) in [6.07, 6.45) is 0. The van der Waals surface area contributed by atoms with Crippen LogP contribution in [0.2, 0.25) is 0 Å². The molecule has 0 fully saturated rings. The summed E-state index contributed by atoms with van der Waals surface area (Å²) in [7, 11) is 0. The first-order chi connectivity index (χ1) is 13.1. The van der Waals surface area contributed by atoms with Crippen LogP contribution in [0, 0.1) is 20.8 Å². The van der Waals surface area contributed by atoms with Crippen molar-refractivity contribution in [3.05, 3.63) is 71.3 Å². The molecule has 0 bridgehead atoms. The maximum Gasteiger partial charge on any atom is 0.139 e. The normalized spacial score (nSPS) is 11.5. The number of hydrogen-bond acceptors (Lipinski definition) is 2. The molecule has 0 atom stereocenters. The maximum atomic E-state index is 4.82. The molecular formula is C23H20N4. The summed E-state index contributed by atoms with van der Waals surface area (Å²) < 4.78 is 0. The van der Waals surface area contributed by atoms with Gasteiger partial charge in [0.15, 0.2) is 0 Å². The lowest BCUT2D eigenvalue weighted by atomic mass is 10.0. The fourth-order valence-electron chi connectivity index (χ4n) is 3.56. The van der Waals surface area contributed by atoms with E-state index in [2.05, 4.69) is 85.3 Å². The highest BCUT2D eigenvalue weighted by Gasteiger charge is 2.15. The number of H-pyrrole nitrogens is 2. The second kappa shape index (κ2) is 5.81. The van der Waals surface area contributed by atoms with Crippen molar-refractivity contribution in [3.8, 4) is 22.8 Å². The van der Waals surface area contributed by atoms with Gasteiger partial charge in [-0.1, -0.05) is 29.8 Å². The smallest absolute Gasteiger partial charge is 0.139 e. The number of nitrogens with zero attached hydrogens (tertiary/aromatic N) is 2. The predicted molar refractivity (Wildman–Crippen MR) is 111 cm³/mol. The van der Waals surface area contributed by atoms with Crippen molar-refractivity contribution in [1.82, 2.24) is 19.9 Å². The standard InChI is InChI=1S/C23H20N4/c1-13-4-7-16(22-24-18-8-5-14(2)11-20(18)26-22)17(10-13)23-25-19-9-6-15(3)12-21(19)27-23/h4-12H,1-3H3,(H,24,26)(H,25,27). The molecule has 0 unspecified atom stereocenters. The van der Waals surface area contributed by atoms with Crippen LogP contribution in [0.15, 0.2) is 54.6 Å². The molecule has 4 nitrogen and oxygen atoms in total. The van der Waals surface area contributed by atoms with E-state index >= 15 is 0 Å². The Balaban J connectivity index is 1.72. The lowest BCUT2D eigenvalue weighted by Crippen LogP contribution is -1.90. The minimum Gasteiger partial charge on any atom is -0.338 e. The molecule has 27 heavy (non-hydrogen) atoms. The van der Waals surface area contributed by atoms with E-state index in [1.165, 1.54) is 16.7 Å². The number of imidazole rings is 2. The van der Waals surface area contributed by atoms with Gasteiger partial charge in [0.2, 0.25) is 0 Å². The summed E-state index contributed by atoms with van der Waals surface area (Å²) in [4.78, 5) is 16.6. The zero-order valence-corrected chi connectivity index (χ0v) is 15.6. The summed E-state index contributed by atoms with van der Waals surface area (Å²) in [6, 6.07) is 19.0.